The minimum atomic E-state index is 0.813. The first-order chi connectivity index (χ1) is 12.4. The highest BCUT2D eigenvalue weighted by Gasteiger charge is 2.02. The first kappa shape index (κ1) is 15.2. The third-order valence-corrected chi connectivity index (χ3v) is 3.98. The van der Waals surface area contributed by atoms with Crippen LogP contribution in [0.2, 0.25) is 0 Å². The molecule has 0 heterocycles. The van der Waals surface area contributed by atoms with Crippen molar-refractivity contribution in [1.29, 1.82) is 0 Å². The fraction of sp³-hybridized carbons (Fsp3) is 0. The van der Waals surface area contributed by atoms with Crippen LogP contribution in [0.4, 0.5) is 5.69 Å². The standard InChI is InChI=1S/C23H17NO/c1-2-9-20(10-3-1)24-17-18-13-15-21(16-14-18)25-23-12-6-8-19-7-4-5-11-22(19)23/h1-17H. The summed E-state index contributed by atoms with van der Waals surface area (Å²) in [5, 5.41) is 2.28. The third kappa shape index (κ3) is 3.59. The summed E-state index contributed by atoms with van der Waals surface area (Å²) >= 11 is 0. The van der Waals surface area contributed by atoms with E-state index in [1.54, 1.807) is 0 Å². The van der Waals surface area contributed by atoms with Crippen molar-refractivity contribution in [3.05, 3.63) is 103 Å². The number of hydrogen-bond acceptors (Lipinski definition) is 2. The molecule has 0 spiro atoms. The molecule has 4 rings (SSSR count). The Bertz CT molecular complexity index is 1000. The molecule has 0 aromatic heterocycles. The maximum atomic E-state index is 6.06. The summed E-state index contributed by atoms with van der Waals surface area (Å²) in [6, 6.07) is 32.2. The van der Waals surface area contributed by atoms with Gasteiger partial charge >= 0.3 is 0 Å². The number of para-hydroxylation sites is 1. The third-order valence-electron chi connectivity index (χ3n) is 3.98. The maximum Gasteiger partial charge on any atom is 0.135 e. The fourth-order valence-electron chi connectivity index (χ4n) is 2.70. The van der Waals surface area contributed by atoms with Crippen LogP contribution in [0, 0.1) is 0 Å². The van der Waals surface area contributed by atoms with Crippen molar-refractivity contribution < 1.29 is 4.74 Å². The van der Waals surface area contributed by atoms with Gasteiger partial charge in [-0.15, -0.1) is 0 Å². The van der Waals surface area contributed by atoms with E-state index in [0.29, 0.717) is 0 Å². The Kier molecular flexibility index (Phi) is 4.25. The van der Waals surface area contributed by atoms with E-state index in [2.05, 4.69) is 23.2 Å². The van der Waals surface area contributed by atoms with Gasteiger partial charge in [0.15, 0.2) is 0 Å². The monoisotopic (exact) mass is 323 g/mol. The first-order valence-corrected chi connectivity index (χ1v) is 8.23. The Morgan fingerprint density at radius 3 is 2.20 bits per heavy atom. The molecule has 0 amide bonds. The molecule has 4 aromatic carbocycles. The highest BCUT2D eigenvalue weighted by atomic mass is 16.5. The average molecular weight is 323 g/mol. The zero-order valence-electron chi connectivity index (χ0n) is 13.7. The Morgan fingerprint density at radius 1 is 0.640 bits per heavy atom. The lowest BCUT2D eigenvalue weighted by atomic mass is 10.1. The molecule has 0 fully saturated rings. The van der Waals surface area contributed by atoms with Gasteiger partial charge in [0.25, 0.3) is 0 Å². The van der Waals surface area contributed by atoms with Gasteiger partial charge in [-0.25, -0.2) is 0 Å². The van der Waals surface area contributed by atoms with Crippen LogP contribution < -0.4 is 4.74 Å². The molecule has 0 aliphatic rings. The SMILES string of the molecule is C(=Nc1ccccc1)c1ccc(Oc2cccc3ccccc23)cc1. The molecule has 0 aliphatic carbocycles. The van der Waals surface area contributed by atoms with Gasteiger partial charge in [0.2, 0.25) is 0 Å². The Balaban J connectivity index is 1.53. The van der Waals surface area contributed by atoms with Crippen LogP contribution in [0.1, 0.15) is 5.56 Å². The Labute approximate surface area is 147 Å². The molecular weight excluding hydrogens is 306 g/mol. The average Bonchev–Trinajstić information content (AvgIpc) is 2.69. The molecule has 0 saturated carbocycles. The van der Waals surface area contributed by atoms with E-state index in [1.165, 1.54) is 5.39 Å². The molecule has 2 nitrogen and oxygen atoms in total. The predicted molar refractivity (Wildman–Crippen MR) is 104 cm³/mol. The van der Waals surface area contributed by atoms with Gasteiger partial charge in [0, 0.05) is 11.6 Å². The number of nitrogens with zero attached hydrogens (tertiary/aromatic N) is 1. The molecule has 0 atom stereocenters. The van der Waals surface area contributed by atoms with E-state index in [4.69, 9.17) is 4.74 Å². The van der Waals surface area contributed by atoms with E-state index < -0.39 is 0 Å². The second-order valence-electron chi connectivity index (χ2n) is 5.74. The van der Waals surface area contributed by atoms with Crippen LogP contribution in [-0.2, 0) is 0 Å². The molecule has 0 bridgehead atoms. The van der Waals surface area contributed by atoms with Gasteiger partial charge in [-0.1, -0.05) is 54.6 Å². The van der Waals surface area contributed by atoms with Crippen molar-refractivity contribution in [2.45, 2.75) is 0 Å². The molecule has 0 saturated heterocycles. The van der Waals surface area contributed by atoms with Crippen LogP contribution in [0.25, 0.3) is 10.8 Å². The predicted octanol–water partition coefficient (Wildman–Crippen LogP) is 6.38. The molecule has 0 N–H and O–H groups in total. The number of rotatable bonds is 4. The van der Waals surface area contributed by atoms with Crippen molar-refractivity contribution in [3.63, 3.8) is 0 Å². The van der Waals surface area contributed by atoms with Crippen molar-refractivity contribution in [3.8, 4) is 11.5 Å². The van der Waals surface area contributed by atoms with Crippen molar-refractivity contribution in [1.82, 2.24) is 0 Å². The van der Waals surface area contributed by atoms with Crippen molar-refractivity contribution in [2.75, 3.05) is 0 Å². The summed E-state index contributed by atoms with van der Waals surface area (Å²) in [5.74, 6) is 1.68. The number of fused-ring (bicyclic) bond motifs is 1. The van der Waals surface area contributed by atoms with E-state index in [9.17, 15) is 0 Å². The fourth-order valence-corrected chi connectivity index (χ4v) is 2.70. The molecule has 0 radical (unpaired) electrons. The highest BCUT2D eigenvalue weighted by Crippen LogP contribution is 2.29. The van der Waals surface area contributed by atoms with Gasteiger partial charge in [-0.3, -0.25) is 4.99 Å². The quantitative estimate of drug-likeness (QED) is 0.399. The number of aliphatic imine (C=N–C) groups is 1. The molecule has 0 aliphatic heterocycles. The molecule has 2 heteroatoms. The zero-order chi connectivity index (χ0) is 16.9. The molecule has 4 aromatic rings. The summed E-state index contributed by atoms with van der Waals surface area (Å²) in [5.41, 5.74) is 1.98. The minimum Gasteiger partial charge on any atom is -0.457 e. The maximum absolute atomic E-state index is 6.06. The van der Waals surface area contributed by atoms with Gasteiger partial charge in [0.1, 0.15) is 11.5 Å². The number of ether oxygens (including phenoxy) is 1. The van der Waals surface area contributed by atoms with Crippen LogP contribution in [0.3, 0.4) is 0 Å². The van der Waals surface area contributed by atoms with E-state index in [-0.39, 0.29) is 0 Å². The topological polar surface area (TPSA) is 21.6 Å². The second-order valence-corrected chi connectivity index (χ2v) is 5.74. The highest BCUT2D eigenvalue weighted by molar-refractivity contribution is 5.88. The molecular formula is C23H17NO. The zero-order valence-corrected chi connectivity index (χ0v) is 13.7. The Morgan fingerprint density at radius 2 is 1.36 bits per heavy atom. The van der Waals surface area contributed by atoms with Crippen molar-refractivity contribution in [2.24, 2.45) is 4.99 Å². The lowest BCUT2D eigenvalue weighted by Gasteiger charge is -2.09. The lowest BCUT2D eigenvalue weighted by Crippen LogP contribution is -1.87. The molecule has 120 valence electrons. The van der Waals surface area contributed by atoms with Gasteiger partial charge < -0.3 is 4.74 Å². The second kappa shape index (κ2) is 7.02. The summed E-state index contributed by atoms with van der Waals surface area (Å²) in [6.07, 6.45) is 1.86. The van der Waals surface area contributed by atoms with Crippen LogP contribution in [-0.4, -0.2) is 6.21 Å². The molecule has 0 unspecified atom stereocenters. The van der Waals surface area contributed by atoms with Crippen molar-refractivity contribution >= 4 is 22.7 Å². The van der Waals surface area contributed by atoms with Crippen LogP contribution in [0.15, 0.2) is 102 Å². The van der Waals surface area contributed by atoms with E-state index >= 15 is 0 Å². The van der Waals surface area contributed by atoms with Gasteiger partial charge in [0.05, 0.1) is 5.69 Å². The van der Waals surface area contributed by atoms with Gasteiger partial charge in [-0.05, 0) is 53.4 Å². The van der Waals surface area contributed by atoms with Crippen LogP contribution >= 0.6 is 0 Å². The number of benzene rings is 4. The molecule has 25 heavy (non-hydrogen) atoms. The summed E-state index contributed by atoms with van der Waals surface area (Å²) < 4.78 is 6.06. The van der Waals surface area contributed by atoms with E-state index in [0.717, 1.165) is 28.1 Å². The normalized spacial score (nSPS) is 11.0. The number of hydrogen-bond donors (Lipinski definition) is 0. The first-order valence-electron chi connectivity index (χ1n) is 8.23. The van der Waals surface area contributed by atoms with Gasteiger partial charge in [-0.2, -0.15) is 0 Å². The summed E-state index contributed by atoms with van der Waals surface area (Å²) in [7, 11) is 0. The Hall–Kier alpha value is -3.39. The minimum absolute atomic E-state index is 0.813. The van der Waals surface area contributed by atoms with E-state index in [1.807, 2.05) is 85.1 Å². The lowest BCUT2D eigenvalue weighted by molar-refractivity contribution is 0.488. The summed E-state index contributed by atoms with van der Waals surface area (Å²) in [6.45, 7) is 0. The van der Waals surface area contributed by atoms with Crippen LogP contribution in [0.5, 0.6) is 11.5 Å². The summed E-state index contributed by atoms with van der Waals surface area (Å²) in [4.78, 5) is 4.47. The largest absolute Gasteiger partial charge is 0.457 e. The smallest absolute Gasteiger partial charge is 0.135 e.